The van der Waals surface area contributed by atoms with Crippen molar-refractivity contribution < 1.29 is 0 Å². The minimum Gasteiger partial charge on any atom is -0.359 e. The number of nitrogens with one attached hydrogen (secondary N) is 2. The molecule has 0 saturated heterocycles. The van der Waals surface area contributed by atoms with Crippen molar-refractivity contribution in [2.45, 2.75) is 19.8 Å². The lowest BCUT2D eigenvalue weighted by molar-refractivity contribution is 0.914. The van der Waals surface area contributed by atoms with Gasteiger partial charge in [-0.3, -0.25) is 0 Å². The molecule has 0 atom stereocenters. The molecule has 90 valence electrons. The first kappa shape index (κ1) is 12.0. The summed E-state index contributed by atoms with van der Waals surface area (Å²) in [6, 6.07) is 7.97. The largest absolute Gasteiger partial charge is 0.359 e. The normalized spacial score (nSPS) is 10.5. The van der Waals surface area contributed by atoms with Gasteiger partial charge >= 0.3 is 0 Å². The Hall–Kier alpha value is -1.48. The van der Waals surface area contributed by atoms with Gasteiger partial charge in [0.15, 0.2) is 5.95 Å². The van der Waals surface area contributed by atoms with E-state index < -0.39 is 0 Å². The molecular weight excluding hydrogens is 234 g/mol. The average molecular weight is 250 g/mol. The summed E-state index contributed by atoms with van der Waals surface area (Å²) < 4.78 is 0. The zero-order valence-corrected chi connectivity index (χ0v) is 10.8. The molecule has 0 unspecified atom stereocenters. The van der Waals surface area contributed by atoms with Crippen molar-refractivity contribution in [2.24, 2.45) is 0 Å². The highest BCUT2D eigenvalue weighted by molar-refractivity contribution is 6.30. The van der Waals surface area contributed by atoms with Crippen LogP contribution in [-0.2, 0) is 12.8 Å². The summed E-state index contributed by atoms with van der Waals surface area (Å²) in [5, 5.41) is 3.79. The minimum absolute atomic E-state index is 0.780. The summed E-state index contributed by atoms with van der Waals surface area (Å²) in [6.07, 6.45) is 1.91. The van der Waals surface area contributed by atoms with Crippen LogP contribution in [0.3, 0.4) is 0 Å². The predicted octanol–water partition coefficient (Wildman–Crippen LogP) is 3.20. The lowest BCUT2D eigenvalue weighted by Crippen LogP contribution is -1.94. The molecule has 0 aliphatic heterocycles. The second-order valence-corrected chi connectivity index (χ2v) is 4.47. The maximum atomic E-state index is 5.85. The molecule has 0 amide bonds. The molecule has 2 rings (SSSR count). The van der Waals surface area contributed by atoms with E-state index in [9.17, 15) is 0 Å². The molecule has 0 aliphatic carbocycles. The summed E-state index contributed by atoms with van der Waals surface area (Å²) in [5.74, 6) is 0.827. The quantitative estimate of drug-likeness (QED) is 0.874. The third-order valence-electron chi connectivity index (χ3n) is 2.79. The van der Waals surface area contributed by atoms with E-state index in [0.29, 0.717) is 0 Å². The molecule has 1 aromatic heterocycles. The van der Waals surface area contributed by atoms with Gasteiger partial charge in [0.1, 0.15) is 0 Å². The van der Waals surface area contributed by atoms with Crippen molar-refractivity contribution in [1.29, 1.82) is 0 Å². The smallest absolute Gasteiger partial charge is 0.200 e. The van der Waals surface area contributed by atoms with E-state index in [0.717, 1.165) is 35.2 Å². The number of benzene rings is 1. The molecule has 0 fully saturated rings. The van der Waals surface area contributed by atoms with Gasteiger partial charge in [0.2, 0.25) is 0 Å². The van der Waals surface area contributed by atoms with Crippen molar-refractivity contribution in [3.05, 3.63) is 46.2 Å². The number of hydrogen-bond acceptors (Lipinski definition) is 2. The third kappa shape index (κ3) is 3.01. The van der Waals surface area contributed by atoms with Crippen LogP contribution in [0.2, 0.25) is 5.02 Å². The first-order valence-corrected chi connectivity index (χ1v) is 6.04. The monoisotopic (exact) mass is 249 g/mol. The van der Waals surface area contributed by atoms with E-state index in [2.05, 4.69) is 27.4 Å². The van der Waals surface area contributed by atoms with E-state index in [-0.39, 0.29) is 0 Å². The lowest BCUT2D eigenvalue weighted by Gasteiger charge is -2.00. The van der Waals surface area contributed by atoms with Crippen molar-refractivity contribution in [3.63, 3.8) is 0 Å². The van der Waals surface area contributed by atoms with Gasteiger partial charge in [-0.15, -0.1) is 0 Å². The number of aromatic nitrogens is 2. The van der Waals surface area contributed by atoms with E-state index in [4.69, 9.17) is 11.6 Å². The number of halogens is 1. The number of H-pyrrole nitrogens is 1. The van der Waals surface area contributed by atoms with Crippen molar-refractivity contribution >= 4 is 17.5 Å². The number of aryl methyl sites for hydroxylation is 3. The molecule has 0 aliphatic rings. The van der Waals surface area contributed by atoms with Crippen LogP contribution in [0.15, 0.2) is 24.3 Å². The molecule has 3 nitrogen and oxygen atoms in total. The Kier molecular flexibility index (Phi) is 3.69. The van der Waals surface area contributed by atoms with Gasteiger partial charge < -0.3 is 10.3 Å². The lowest BCUT2D eigenvalue weighted by atomic mass is 10.1. The van der Waals surface area contributed by atoms with E-state index in [1.54, 1.807) is 0 Å². The minimum atomic E-state index is 0.780. The van der Waals surface area contributed by atoms with E-state index in [1.165, 1.54) is 5.56 Å². The molecule has 2 N–H and O–H groups in total. The zero-order chi connectivity index (χ0) is 12.3. The highest BCUT2D eigenvalue weighted by atomic mass is 35.5. The summed E-state index contributed by atoms with van der Waals surface area (Å²) in [5.41, 5.74) is 3.52. The Bertz CT molecular complexity index is 488. The van der Waals surface area contributed by atoms with Gasteiger partial charge in [-0.2, -0.15) is 0 Å². The molecule has 0 radical (unpaired) electrons. The first-order chi connectivity index (χ1) is 8.19. The summed E-state index contributed by atoms with van der Waals surface area (Å²) in [7, 11) is 1.86. The number of nitrogens with zero attached hydrogens (tertiary/aromatic N) is 1. The Labute approximate surface area is 106 Å². The van der Waals surface area contributed by atoms with Crippen LogP contribution in [0.25, 0.3) is 0 Å². The predicted molar refractivity (Wildman–Crippen MR) is 71.7 cm³/mol. The maximum absolute atomic E-state index is 5.85. The second-order valence-electron chi connectivity index (χ2n) is 4.03. The SMILES string of the molecule is CNc1nc(CCc2ccc(Cl)cc2)c(C)[nH]1. The highest BCUT2D eigenvalue weighted by Crippen LogP contribution is 2.14. The van der Waals surface area contributed by atoms with Gasteiger partial charge in [-0.25, -0.2) is 4.98 Å². The van der Waals surface area contributed by atoms with E-state index in [1.807, 2.05) is 26.1 Å². The summed E-state index contributed by atoms with van der Waals surface area (Å²) in [4.78, 5) is 7.66. The molecule has 0 spiro atoms. The number of aromatic amines is 1. The van der Waals surface area contributed by atoms with Crippen LogP contribution in [0.1, 0.15) is 17.0 Å². The topological polar surface area (TPSA) is 40.7 Å². The van der Waals surface area contributed by atoms with Crippen molar-refractivity contribution in [2.75, 3.05) is 12.4 Å². The molecule has 0 saturated carbocycles. The number of hydrogen-bond donors (Lipinski definition) is 2. The van der Waals surface area contributed by atoms with Crippen LogP contribution in [0, 0.1) is 6.92 Å². The molecule has 2 aromatic rings. The number of imidazole rings is 1. The molecule has 4 heteroatoms. The fourth-order valence-electron chi connectivity index (χ4n) is 1.77. The van der Waals surface area contributed by atoms with Crippen molar-refractivity contribution in [1.82, 2.24) is 9.97 Å². The fourth-order valence-corrected chi connectivity index (χ4v) is 1.90. The summed E-state index contributed by atoms with van der Waals surface area (Å²) in [6.45, 7) is 2.05. The third-order valence-corrected chi connectivity index (χ3v) is 3.04. The Balaban J connectivity index is 2.01. The first-order valence-electron chi connectivity index (χ1n) is 5.66. The second kappa shape index (κ2) is 5.23. The van der Waals surface area contributed by atoms with Crippen LogP contribution >= 0.6 is 11.6 Å². The van der Waals surface area contributed by atoms with Crippen LogP contribution < -0.4 is 5.32 Å². The van der Waals surface area contributed by atoms with Crippen LogP contribution in [-0.4, -0.2) is 17.0 Å². The molecule has 1 aromatic carbocycles. The van der Waals surface area contributed by atoms with Crippen LogP contribution in [0.4, 0.5) is 5.95 Å². The Morgan fingerprint density at radius 1 is 1.24 bits per heavy atom. The zero-order valence-electron chi connectivity index (χ0n) is 10.0. The average Bonchev–Trinajstić information content (AvgIpc) is 2.69. The molecular formula is C13H16ClN3. The molecule has 1 heterocycles. The maximum Gasteiger partial charge on any atom is 0.200 e. The van der Waals surface area contributed by atoms with Crippen LogP contribution in [0.5, 0.6) is 0 Å². The van der Waals surface area contributed by atoms with Gasteiger partial charge in [-0.1, -0.05) is 23.7 Å². The fraction of sp³-hybridized carbons (Fsp3) is 0.308. The van der Waals surface area contributed by atoms with E-state index >= 15 is 0 Å². The van der Waals surface area contributed by atoms with Gasteiger partial charge in [-0.05, 0) is 37.5 Å². The van der Waals surface area contributed by atoms with Crippen molar-refractivity contribution in [3.8, 4) is 0 Å². The standard InChI is InChI=1S/C13H16ClN3/c1-9-12(17-13(15-2)16-9)8-5-10-3-6-11(14)7-4-10/h3-4,6-7H,5,8H2,1-2H3,(H2,15,16,17). The Morgan fingerprint density at radius 2 is 1.94 bits per heavy atom. The molecule has 17 heavy (non-hydrogen) atoms. The van der Waals surface area contributed by atoms with Gasteiger partial charge in [0.05, 0.1) is 5.69 Å². The van der Waals surface area contributed by atoms with Gasteiger partial charge in [0, 0.05) is 17.8 Å². The summed E-state index contributed by atoms with van der Waals surface area (Å²) >= 11 is 5.85. The highest BCUT2D eigenvalue weighted by Gasteiger charge is 2.05. The number of rotatable bonds is 4. The number of anilines is 1. The Morgan fingerprint density at radius 3 is 2.53 bits per heavy atom. The van der Waals surface area contributed by atoms with Gasteiger partial charge in [0.25, 0.3) is 0 Å². The molecule has 0 bridgehead atoms.